The number of benzene rings is 2. The van der Waals surface area contributed by atoms with Gasteiger partial charge >= 0.3 is 0 Å². The largest absolute Gasteiger partial charge is 0.385 e. The molecule has 0 radical (unpaired) electrons. The Hall–Kier alpha value is -1.89. The van der Waals surface area contributed by atoms with E-state index in [9.17, 15) is 23.1 Å². The van der Waals surface area contributed by atoms with Crippen LogP contribution in [-0.4, -0.2) is 54.2 Å². The number of anilines is 2. The van der Waals surface area contributed by atoms with Gasteiger partial charge in [0, 0.05) is 10.1 Å². The number of amides is 1. The zero-order valence-corrected chi connectivity index (χ0v) is 18.2. The van der Waals surface area contributed by atoms with Crippen molar-refractivity contribution in [1.29, 1.82) is 0 Å². The van der Waals surface area contributed by atoms with Gasteiger partial charge in [-0.05, 0) is 72.4 Å². The predicted octanol–water partition coefficient (Wildman–Crippen LogP) is 2.58. The zero-order valence-electron chi connectivity index (χ0n) is 16.0. The number of nitrogens with one attached hydrogen (secondary N) is 2. The highest BCUT2D eigenvalue weighted by molar-refractivity contribution is 14.1. The van der Waals surface area contributed by atoms with E-state index in [0.29, 0.717) is 16.7 Å². The molecule has 2 aromatic rings. The van der Waals surface area contributed by atoms with Gasteiger partial charge in [0.15, 0.2) is 11.6 Å². The Morgan fingerprint density at radius 3 is 2.60 bits per heavy atom. The lowest BCUT2D eigenvalue weighted by atomic mass is 9.92. The van der Waals surface area contributed by atoms with Gasteiger partial charge in [-0.1, -0.05) is 0 Å². The Bertz CT molecular complexity index is 939. The summed E-state index contributed by atoms with van der Waals surface area (Å²) in [5.74, 6) is -3.69. The van der Waals surface area contributed by atoms with E-state index in [1.807, 2.05) is 22.6 Å². The number of likely N-dealkylation sites (tertiary alicyclic amines) is 1. The molecule has 0 unspecified atom stereocenters. The van der Waals surface area contributed by atoms with Crippen LogP contribution in [0, 0.1) is 21.0 Å². The van der Waals surface area contributed by atoms with Crippen molar-refractivity contribution in [3.8, 4) is 0 Å². The average Bonchev–Trinajstić information content (AvgIpc) is 2.68. The minimum absolute atomic E-state index is 0.0395. The van der Waals surface area contributed by atoms with Crippen LogP contribution in [0.15, 0.2) is 30.3 Å². The summed E-state index contributed by atoms with van der Waals surface area (Å²) in [5.41, 5.74) is 3.64. The van der Waals surface area contributed by atoms with Crippen molar-refractivity contribution in [3.05, 3.63) is 56.9 Å². The van der Waals surface area contributed by atoms with Gasteiger partial charge in [-0.3, -0.25) is 4.79 Å². The van der Waals surface area contributed by atoms with Crippen LogP contribution in [0.4, 0.5) is 24.5 Å². The molecule has 0 bridgehead atoms. The third-order valence-electron chi connectivity index (χ3n) is 4.79. The summed E-state index contributed by atoms with van der Waals surface area (Å²) in [6, 6.07) is 6.20. The van der Waals surface area contributed by atoms with Gasteiger partial charge in [0.25, 0.3) is 5.91 Å². The fraction of sp³-hybridized carbons (Fsp3) is 0.350. The first-order valence-electron chi connectivity index (χ1n) is 9.36. The van der Waals surface area contributed by atoms with E-state index in [1.54, 1.807) is 6.07 Å². The first kappa shape index (κ1) is 22.8. The number of halogens is 4. The molecule has 10 heteroatoms. The molecule has 0 spiro atoms. The van der Waals surface area contributed by atoms with Crippen molar-refractivity contribution in [3.63, 3.8) is 0 Å². The molecule has 6 nitrogen and oxygen atoms in total. The molecule has 1 fully saturated rings. The number of β-amino-alcohol motifs (C(OH)–C–C–N with tert-alkyl or cyclic N) is 1. The minimum atomic E-state index is -1.28. The molecule has 3 rings (SSSR count). The maximum Gasteiger partial charge on any atom is 0.256 e. The molecule has 2 aromatic carbocycles. The average molecular weight is 534 g/mol. The summed E-state index contributed by atoms with van der Waals surface area (Å²) in [7, 11) is 0. The Morgan fingerprint density at radius 2 is 1.93 bits per heavy atom. The number of rotatable bonds is 8. The second-order valence-electron chi connectivity index (χ2n) is 7.24. The zero-order chi connectivity index (χ0) is 21.9. The van der Waals surface area contributed by atoms with Crippen LogP contribution in [0.25, 0.3) is 0 Å². The number of carbonyl (C=O) groups is 1. The number of aliphatic hydroxyl groups is 1. The lowest BCUT2D eigenvalue weighted by molar-refractivity contribution is -0.0784. The molecule has 0 aromatic heterocycles. The number of hydrogen-bond donors (Lipinski definition) is 4. The highest BCUT2D eigenvalue weighted by Gasteiger charge is 2.44. The van der Waals surface area contributed by atoms with Gasteiger partial charge < -0.3 is 26.4 Å². The molecular weight excluding hydrogens is 512 g/mol. The van der Waals surface area contributed by atoms with Crippen molar-refractivity contribution in [2.45, 2.75) is 12.0 Å². The topological polar surface area (TPSA) is 90.6 Å². The summed E-state index contributed by atoms with van der Waals surface area (Å²) >= 11 is 1.92. The molecule has 1 amide bonds. The van der Waals surface area contributed by atoms with E-state index in [2.05, 4.69) is 10.6 Å². The Balaban J connectivity index is 1.76. The number of nitrogens with two attached hydrogens (primary N) is 1. The lowest BCUT2D eigenvalue weighted by Gasteiger charge is -2.46. The molecule has 30 heavy (non-hydrogen) atoms. The monoisotopic (exact) mass is 534 g/mol. The second-order valence-corrected chi connectivity index (χ2v) is 8.48. The molecule has 5 N–H and O–H groups in total. The van der Waals surface area contributed by atoms with Crippen molar-refractivity contribution >= 4 is 39.9 Å². The molecule has 1 saturated heterocycles. The van der Waals surface area contributed by atoms with Crippen molar-refractivity contribution in [1.82, 2.24) is 10.2 Å². The third-order valence-corrected chi connectivity index (χ3v) is 5.46. The van der Waals surface area contributed by atoms with Gasteiger partial charge in [-0.15, -0.1) is 0 Å². The number of hydrogen-bond acceptors (Lipinski definition) is 5. The normalized spacial score (nSPS) is 15.1. The fourth-order valence-corrected chi connectivity index (χ4v) is 3.67. The maximum atomic E-state index is 14.5. The molecule has 0 atom stereocenters. The van der Waals surface area contributed by atoms with Crippen LogP contribution in [0.3, 0.4) is 0 Å². The van der Waals surface area contributed by atoms with Gasteiger partial charge in [0.2, 0.25) is 0 Å². The van der Waals surface area contributed by atoms with Gasteiger partial charge in [-0.25, -0.2) is 13.2 Å². The molecule has 1 aliphatic heterocycles. The Labute approximate surface area is 185 Å². The van der Waals surface area contributed by atoms with E-state index in [1.165, 1.54) is 17.0 Å². The summed E-state index contributed by atoms with van der Waals surface area (Å²) in [4.78, 5) is 14.2. The van der Waals surface area contributed by atoms with Crippen molar-refractivity contribution < 1.29 is 23.1 Å². The van der Waals surface area contributed by atoms with Crippen LogP contribution < -0.4 is 16.4 Å². The summed E-state index contributed by atoms with van der Waals surface area (Å²) in [6.45, 7) is 1.54. The number of nitrogens with zero attached hydrogens (tertiary/aromatic N) is 1. The quantitative estimate of drug-likeness (QED) is 0.309. The van der Waals surface area contributed by atoms with Crippen LogP contribution >= 0.6 is 22.6 Å². The molecule has 1 heterocycles. The van der Waals surface area contributed by atoms with Gasteiger partial charge in [-0.2, -0.15) is 0 Å². The van der Waals surface area contributed by atoms with Crippen molar-refractivity contribution in [2.75, 3.05) is 38.0 Å². The van der Waals surface area contributed by atoms with Gasteiger partial charge in [0.05, 0.1) is 30.0 Å². The minimum Gasteiger partial charge on any atom is -0.385 e. The van der Waals surface area contributed by atoms with Crippen LogP contribution in [0.2, 0.25) is 0 Å². The van der Waals surface area contributed by atoms with Gasteiger partial charge in [0.1, 0.15) is 11.4 Å². The highest BCUT2D eigenvalue weighted by atomic mass is 127. The van der Waals surface area contributed by atoms with E-state index in [0.717, 1.165) is 18.6 Å². The predicted molar refractivity (Wildman–Crippen MR) is 116 cm³/mol. The smallest absolute Gasteiger partial charge is 0.256 e. The molecule has 1 aliphatic rings. The first-order valence-corrected chi connectivity index (χ1v) is 10.4. The van der Waals surface area contributed by atoms with Crippen molar-refractivity contribution in [2.24, 2.45) is 5.73 Å². The van der Waals surface area contributed by atoms with Crippen LogP contribution in [0.1, 0.15) is 16.8 Å². The molecule has 162 valence electrons. The first-order chi connectivity index (χ1) is 14.2. The van der Waals surface area contributed by atoms with Crippen LogP contribution in [-0.2, 0) is 0 Å². The van der Waals surface area contributed by atoms with Crippen LogP contribution in [0.5, 0.6) is 0 Å². The molecule has 0 aliphatic carbocycles. The second kappa shape index (κ2) is 9.50. The summed E-state index contributed by atoms with van der Waals surface area (Å²) < 4.78 is 43.1. The van der Waals surface area contributed by atoms with E-state index in [-0.39, 0.29) is 30.9 Å². The Kier molecular flexibility index (Phi) is 7.22. The standard InChI is InChI=1S/C20H22F3IN4O2/c21-14-4-3-13(18(17(14)23)27-16-5-2-12(24)8-15(16)22)19(29)28-10-20(30,11-28)9-26-7-1-6-25/h2-5,8,26-27,30H,1,6-7,9-11,25H2. The highest BCUT2D eigenvalue weighted by Crippen LogP contribution is 2.31. The third kappa shape index (κ3) is 5.05. The maximum absolute atomic E-state index is 14.5. The summed E-state index contributed by atoms with van der Waals surface area (Å²) in [5, 5.41) is 16.0. The van der Waals surface area contributed by atoms with E-state index >= 15 is 0 Å². The number of carbonyl (C=O) groups excluding carboxylic acids is 1. The Morgan fingerprint density at radius 1 is 1.20 bits per heavy atom. The summed E-state index contributed by atoms with van der Waals surface area (Å²) in [6.07, 6.45) is 0.762. The van der Waals surface area contributed by atoms with E-state index in [4.69, 9.17) is 5.73 Å². The SMILES string of the molecule is NCCCNCC1(O)CN(C(=O)c2ccc(F)c(F)c2Nc2ccc(I)cc2F)C1. The fourth-order valence-electron chi connectivity index (χ4n) is 3.21. The molecular formula is C20H22F3IN4O2. The van der Waals surface area contributed by atoms with E-state index < -0.39 is 34.6 Å². The lowest BCUT2D eigenvalue weighted by Crippen LogP contribution is -2.67. The molecule has 0 saturated carbocycles.